The molecule has 2 aromatic carbocycles. The van der Waals surface area contributed by atoms with E-state index in [-0.39, 0.29) is 22.2 Å². The molecule has 9 heteroatoms. The highest BCUT2D eigenvalue weighted by Gasteiger charge is 2.42. The molecule has 1 aromatic heterocycles. The molecule has 138 valence electrons. The summed E-state index contributed by atoms with van der Waals surface area (Å²) in [5, 5.41) is 2.80. The van der Waals surface area contributed by atoms with Crippen LogP contribution in [0, 0.1) is 5.82 Å². The largest absolute Gasteiger partial charge is 0.434 e. The highest BCUT2D eigenvalue weighted by molar-refractivity contribution is 6.31. The van der Waals surface area contributed by atoms with Crippen molar-refractivity contribution in [3.8, 4) is 5.75 Å². The third-order valence-electron chi connectivity index (χ3n) is 5.01. The molecule has 2 bridgehead atoms. The molecule has 0 saturated carbocycles. The molecule has 1 amide bonds. The fraction of sp³-hybridized carbons (Fsp3) is 0.222. The molecule has 0 saturated heterocycles. The summed E-state index contributed by atoms with van der Waals surface area (Å²) in [6.45, 7) is -3.03. The minimum atomic E-state index is -3.03. The van der Waals surface area contributed by atoms with Crippen molar-refractivity contribution in [3.63, 3.8) is 0 Å². The van der Waals surface area contributed by atoms with E-state index in [1.54, 1.807) is 6.07 Å². The van der Waals surface area contributed by atoms with Crippen LogP contribution in [0.25, 0.3) is 11.0 Å². The number of carbonyl (C=O) groups is 1. The van der Waals surface area contributed by atoms with E-state index in [1.165, 1.54) is 24.3 Å². The van der Waals surface area contributed by atoms with E-state index in [9.17, 15) is 18.0 Å². The van der Waals surface area contributed by atoms with Gasteiger partial charge in [-0.1, -0.05) is 17.7 Å². The second-order valence-electron chi connectivity index (χ2n) is 6.47. The molecule has 0 fully saturated rings. The predicted molar refractivity (Wildman–Crippen MR) is 90.7 cm³/mol. The van der Waals surface area contributed by atoms with Crippen LogP contribution in [0.15, 0.2) is 30.3 Å². The van der Waals surface area contributed by atoms with Crippen LogP contribution in [0.1, 0.15) is 40.3 Å². The van der Waals surface area contributed by atoms with Crippen molar-refractivity contribution in [2.75, 3.05) is 0 Å². The zero-order chi connectivity index (χ0) is 18.9. The SMILES string of the molecule is O=C1N[C@H]2C[C@@H](c3c(OC(F)F)cccc31)n1c2nc2cc(F)c(Cl)cc21. The van der Waals surface area contributed by atoms with Crippen LogP contribution in [0.3, 0.4) is 0 Å². The summed E-state index contributed by atoms with van der Waals surface area (Å²) in [5.41, 5.74) is 1.57. The van der Waals surface area contributed by atoms with E-state index < -0.39 is 24.5 Å². The number of hydrogen-bond donors (Lipinski definition) is 1. The maximum absolute atomic E-state index is 13.8. The smallest absolute Gasteiger partial charge is 0.387 e. The Bertz CT molecular complexity index is 1110. The van der Waals surface area contributed by atoms with Gasteiger partial charge in [0.05, 0.1) is 28.1 Å². The van der Waals surface area contributed by atoms with Crippen LogP contribution in [0.2, 0.25) is 5.02 Å². The molecule has 3 heterocycles. The second-order valence-corrected chi connectivity index (χ2v) is 6.88. The number of amides is 1. The van der Waals surface area contributed by atoms with Gasteiger partial charge in [0.2, 0.25) is 0 Å². The second kappa shape index (κ2) is 5.63. The summed E-state index contributed by atoms with van der Waals surface area (Å²) in [5.74, 6) is -0.525. The van der Waals surface area contributed by atoms with Crippen LogP contribution in [-0.2, 0) is 0 Å². The zero-order valence-corrected chi connectivity index (χ0v) is 14.3. The lowest BCUT2D eigenvalue weighted by molar-refractivity contribution is -0.0507. The molecule has 5 rings (SSSR count). The molecule has 2 aliphatic heterocycles. The summed E-state index contributed by atoms with van der Waals surface area (Å²) < 4.78 is 46.2. The molecule has 2 aliphatic rings. The first-order valence-corrected chi connectivity index (χ1v) is 8.57. The van der Waals surface area contributed by atoms with Crippen molar-refractivity contribution < 1.29 is 22.7 Å². The van der Waals surface area contributed by atoms with Crippen molar-refractivity contribution in [1.82, 2.24) is 14.9 Å². The number of nitrogens with zero attached hydrogens (tertiary/aromatic N) is 2. The van der Waals surface area contributed by atoms with Crippen LogP contribution in [0.4, 0.5) is 13.2 Å². The number of halogens is 4. The van der Waals surface area contributed by atoms with Crippen LogP contribution < -0.4 is 10.1 Å². The van der Waals surface area contributed by atoms with Gasteiger partial charge in [-0.05, 0) is 24.6 Å². The van der Waals surface area contributed by atoms with Gasteiger partial charge in [-0.2, -0.15) is 8.78 Å². The standard InChI is InChI=1S/C18H11ClF3N3O2/c19-8-4-12-10(5-9(8)20)23-16-11-6-13(25(12)16)15-7(17(26)24-11)2-1-3-14(15)27-18(21)22/h1-5,11,13,18H,6H2,(H,24,26)/t11-,13-/m0/s1. The Balaban J connectivity index is 1.79. The minimum Gasteiger partial charge on any atom is -0.434 e. The van der Waals surface area contributed by atoms with E-state index >= 15 is 0 Å². The van der Waals surface area contributed by atoms with Crippen LogP contribution in [-0.4, -0.2) is 22.1 Å². The number of alkyl halides is 2. The van der Waals surface area contributed by atoms with E-state index in [0.717, 1.165) is 0 Å². The van der Waals surface area contributed by atoms with Crippen molar-refractivity contribution in [2.24, 2.45) is 0 Å². The fourth-order valence-electron chi connectivity index (χ4n) is 4.01. The number of imidazole rings is 1. The average Bonchev–Trinajstić information content (AvgIpc) is 3.07. The Hall–Kier alpha value is -2.74. The van der Waals surface area contributed by atoms with Gasteiger partial charge < -0.3 is 14.6 Å². The van der Waals surface area contributed by atoms with Gasteiger partial charge in [0.1, 0.15) is 17.4 Å². The predicted octanol–water partition coefficient (Wildman–Crippen LogP) is 4.21. The summed E-state index contributed by atoms with van der Waals surface area (Å²) in [6.07, 6.45) is 0.426. The van der Waals surface area contributed by atoms with Gasteiger partial charge in [0, 0.05) is 17.2 Å². The number of carbonyl (C=O) groups excluding carboxylic acids is 1. The third kappa shape index (κ3) is 2.32. The number of fused-ring (bicyclic) bond motifs is 9. The lowest BCUT2D eigenvalue weighted by Crippen LogP contribution is -2.28. The number of ether oxygens (including phenoxy) is 1. The van der Waals surface area contributed by atoms with Crippen LogP contribution in [0.5, 0.6) is 5.75 Å². The molecule has 0 aliphatic carbocycles. The number of hydrogen-bond acceptors (Lipinski definition) is 3. The van der Waals surface area contributed by atoms with Crippen molar-refractivity contribution in [3.05, 3.63) is 58.1 Å². The number of nitrogens with one attached hydrogen (secondary N) is 1. The molecule has 27 heavy (non-hydrogen) atoms. The third-order valence-corrected chi connectivity index (χ3v) is 5.30. The lowest BCUT2D eigenvalue weighted by atomic mass is 9.97. The zero-order valence-electron chi connectivity index (χ0n) is 13.5. The van der Waals surface area contributed by atoms with Gasteiger partial charge in [-0.25, -0.2) is 9.37 Å². The van der Waals surface area contributed by atoms with Gasteiger partial charge >= 0.3 is 6.61 Å². The van der Waals surface area contributed by atoms with Crippen molar-refractivity contribution in [2.45, 2.75) is 25.1 Å². The van der Waals surface area contributed by atoms with Crippen molar-refractivity contribution in [1.29, 1.82) is 0 Å². The fourth-order valence-corrected chi connectivity index (χ4v) is 4.17. The average molecular weight is 394 g/mol. The molecular formula is C18H11ClF3N3O2. The topological polar surface area (TPSA) is 56.1 Å². The monoisotopic (exact) mass is 393 g/mol. The first-order valence-electron chi connectivity index (χ1n) is 8.19. The quantitative estimate of drug-likeness (QED) is 0.709. The molecule has 0 spiro atoms. The first-order chi connectivity index (χ1) is 12.9. The summed E-state index contributed by atoms with van der Waals surface area (Å²) in [6, 6.07) is 6.24. The first kappa shape index (κ1) is 16.4. The number of benzene rings is 2. The van der Waals surface area contributed by atoms with Gasteiger partial charge in [0.15, 0.2) is 0 Å². The Morgan fingerprint density at radius 3 is 2.93 bits per heavy atom. The van der Waals surface area contributed by atoms with Crippen LogP contribution >= 0.6 is 11.6 Å². The summed E-state index contributed by atoms with van der Waals surface area (Å²) >= 11 is 5.94. The molecule has 3 aromatic rings. The van der Waals surface area contributed by atoms with E-state index in [2.05, 4.69) is 15.0 Å². The molecule has 0 unspecified atom stereocenters. The molecule has 2 atom stereocenters. The highest BCUT2D eigenvalue weighted by Crippen LogP contribution is 2.47. The lowest BCUT2D eigenvalue weighted by Gasteiger charge is -2.21. The summed E-state index contributed by atoms with van der Waals surface area (Å²) in [7, 11) is 0. The Labute approximate surface area is 155 Å². The molecule has 0 radical (unpaired) electrons. The molecule has 1 N–H and O–H groups in total. The van der Waals surface area contributed by atoms with E-state index in [4.69, 9.17) is 11.6 Å². The van der Waals surface area contributed by atoms with Gasteiger partial charge in [-0.15, -0.1) is 0 Å². The normalized spacial score (nSPS) is 20.4. The maximum atomic E-state index is 13.8. The van der Waals surface area contributed by atoms with Crippen molar-refractivity contribution >= 4 is 28.5 Å². The Kier molecular flexibility index (Phi) is 3.42. The summed E-state index contributed by atoms with van der Waals surface area (Å²) in [4.78, 5) is 17.0. The highest BCUT2D eigenvalue weighted by atomic mass is 35.5. The number of aromatic nitrogens is 2. The Morgan fingerprint density at radius 1 is 1.33 bits per heavy atom. The van der Waals surface area contributed by atoms with Gasteiger partial charge in [-0.3, -0.25) is 4.79 Å². The van der Waals surface area contributed by atoms with E-state index in [1.807, 2.05) is 4.57 Å². The molecule has 5 nitrogen and oxygen atoms in total. The minimum absolute atomic E-state index is 0.0637. The van der Waals surface area contributed by atoms with E-state index in [0.29, 0.717) is 28.8 Å². The van der Waals surface area contributed by atoms with Gasteiger partial charge in [0.25, 0.3) is 5.91 Å². The number of rotatable bonds is 2. The Morgan fingerprint density at radius 2 is 2.15 bits per heavy atom. The maximum Gasteiger partial charge on any atom is 0.387 e. The molecular weight excluding hydrogens is 383 g/mol.